The molecule has 28 heavy (non-hydrogen) atoms. The molecule has 3 aromatic rings. The van der Waals surface area contributed by atoms with Gasteiger partial charge < -0.3 is 4.52 Å². The molecule has 1 unspecified atom stereocenters. The first-order valence-corrected chi connectivity index (χ1v) is 11.4. The molecule has 6 nitrogen and oxygen atoms in total. The second-order valence-electron chi connectivity index (χ2n) is 6.90. The highest BCUT2D eigenvalue weighted by Crippen LogP contribution is 2.35. The maximum absolute atomic E-state index is 13.2. The molecule has 4 rings (SSSR count). The molecular formula is C20H20BrN3O3S. The van der Waals surface area contributed by atoms with Crippen molar-refractivity contribution in [3.8, 4) is 11.4 Å². The van der Waals surface area contributed by atoms with Crippen molar-refractivity contribution in [3.63, 3.8) is 0 Å². The molecule has 0 N–H and O–H groups in total. The van der Waals surface area contributed by atoms with E-state index < -0.39 is 16.1 Å². The largest absolute Gasteiger partial charge is 0.337 e. The normalized spacial score (nSPS) is 18.3. The minimum Gasteiger partial charge on any atom is -0.337 e. The van der Waals surface area contributed by atoms with E-state index in [1.165, 1.54) is 4.31 Å². The number of aryl methyl sites for hydroxylation is 1. The Morgan fingerprint density at radius 2 is 1.79 bits per heavy atom. The van der Waals surface area contributed by atoms with Crippen molar-refractivity contribution < 1.29 is 12.9 Å². The van der Waals surface area contributed by atoms with Gasteiger partial charge in [-0.05, 0) is 44.0 Å². The van der Waals surface area contributed by atoms with E-state index in [1.54, 1.807) is 24.3 Å². The molecule has 0 radical (unpaired) electrons. The van der Waals surface area contributed by atoms with Crippen LogP contribution in [0.4, 0.5) is 0 Å². The van der Waals surface area contributed by atoms with E-state index in [1.807, 2.05) is 31.2 Å². The fourth-order valence-electron chi connectivity index (χ4n) is 3.37. The van der Waals surface area contributed by atoms with Gasteiger partial charge in [0.05, 0.1) is 4.90 Å². The van der Waals surface area contributed by atoms with Gasteiger partial charge in [0.1, 0.15) is 6.04 Å². The van der Waals surface area contributed by atoms with Gasteiger partial charge in [-0.3, -0.25) is 0 Å². The maximum Gasteiger partial charge on any atom is 0.245 e. The van der Waals surface area contributed by atoms with Gasteiger partial charge in [0, 0.05) is 16.6 Å². The van der Waals surface area contributed by atoms with Crippen molar-refractivity contribution in [2.24, 2.45) is 0 Å². The number of rotatable bonds is 4. The van der Waals surface area contributed by atoms with Crippen molar-refractivity contribution in [1.82, 2.24) is 14.4 Å². The quantitative estimate of drug-likeness (QED) is 0.561. The summed E-state index contributed by atoms with van der Waals surface area (Å²) < 4.78 is 34.3. The monoisotopic (exact) mass is 461 g/mol. The molecule has 0 bridgehead atoms. The zero-order valence-electron chi connectivity index (χ0n) is 15.4. The van der Waals surface area contributed by atoms with Crippen molar-refractivity contribution in [2.45, 2.75) is 37.1 Å². The van der Waals surface area contributed by atoms with Crippen LogP contribution in [0, 0.1) is 6.92 Å². The summed E-state index contributed by atoms with van der Waals surface area (Å²) in [6.07, 6.45) is 2.38. The predicted molar refractivity (Wildman–Crippen MR) is 109 cm³/mol. The number of benzene rings is 2. The number of nitrogens with zero attached hydrogens (tertiary/aromatic N) is 3. The molecule has 146 valence electrons. The van der Waals surface area contributed by atoms with Crippen LogP contribution in [0.25, 0.3) is 11.4 Å². The number of halogens is 1. The van der Waals surface area contributed by atoms with Crippen LogP contribution >= 0.6 is 15.9 Å². The lowest BCUT2D eigenvalue weighted by Crippen LogP contribution is -2.38. The molecule has 2 aromatic carbocycles. The number of hydrogen-bond donors (Lipinski definition) is 0. The van der Waals surface area contributed by atoms with Crippen LogP contribution in [0.3, 0.4) is 0 Å². The number of aromatic nitrogens is 2. The van der Waals surface area contributed by atoms with E-state index >= 15 is 0 Å². The van der Waals surface area contributed by atoms with Crippen molar-refractivity contribution in [3.05, 3.63) is 64.5 Å². The van der Waals surface area contributed by atoms with Crippen LogP contribution in [0.1, 0.15) is 36.8 Å². The zero-order chi connectivity index (χ0) is 19.7. The minimum atomic E-state index is -3.65. The molecular weight excluding hydrogens is 442 g/mol. The first-order valence-electron chi connectivity index (χ1n) is 9.13. The van der Waals surface area contributed by atoms with Crippen LogP contribution in [-0.4, -0.2) is 29.4 Å². The summed E-state index contributed by atoms with van der Waals surface area (Å²) in [5, 5.41) is 4.08. The molecule has 8 heteroatoms. The lowest BCUT2D eigenvalue weighted by atomic mass is 10.1. The Labute approximate surface area is 172 Å². The van der Waals surface area contributed by atoms with Gasteiger partial charge in [-0.2, -0.15) is 9.29 Å². The lowest BCUT2D eigenvalue weighted by Gasteiger charge is -2.32. The van der Waals surface area contributed by atoms with Crippen LogP contribution in [0.15, 0.2) is 62.4 Å². The average molecular weight is 462 g/mol. The molecule has 2 heterocycles. The standard InChI is InChI=1S/C20H20BrN3O3S/c1-14-5-7-15(8-6-14)19-22-20(27-23-19)18-4-2-3-13-24(18)28(25,26)17-11-9-16(21)10-12-17/h5-12,18H,2-4,13H2,1H3. The summed E-state index contributed by atoms with van der Waals surface area (Å²) in [6, 6.07) is 14.1. The number of piperidine rings is 1. The molecule has 1 aliphatic rings. The Kier molecular flexibility index (Phi) is 5.35. The first kappa shape index (κ1) is 19.3. The summed E-state index contributed by atoms with van der Waals surface area (Å²) in [4.78, 5) is 4.78. The third-order valence-electron chi connectivity index (χ3n) is 4.91. The second-order valence-corrected chi connectivity index (χ2v) is 9.71. The molecule has 1 aromatic heterocycles. The highest BCUT2D eigenvalue weighted by Gasteiger charge is 2.37. The van der Waals surface area contributed by atoms with E-state index in [2.05, 4.69) is 26.1 Å². The second kappa shape index (κ2) is 7.77. The summed E-state index contributed by atoms with van der Waals surface area (Å²) >= 11 is 3.34. The Bertz CT molecular complexity index is 1060. The lowest BCUT2D eigenvalue weighted by molar-refractivity contribution is 0.204. The number of hydrogen-bond acceptors (Lipinski definition) is 5. The Morgan fingerprint density at radius 3 is 2.50 bits per heavy atom. The van der Waals surface area contributed by atoms with Crippen LogP contribution in [-0.2, 0) is 10.0 Å². The van der Waals surface area contributed by atoms with Crippen molar-refractivity contribution in [1.29, 1.82) is 0 Å². The molecule has 1 fully saturated rings. The molecule has 0 amide bonds. The van der Waals surface area contributed by atoms with E-state index in [4.69, 9.17) is 4.52 Å². The summed E-state index contributed by atoms with van der Waals surface area (Å²) in [5.41, 5.74) is 1.99. The molecule has 0 saturated carbocycles. The smallest absolute Gasteiger partial charge is 0.245 e. The first-order chi connectivity index (χ1) is 13.4. The van der Waals surface area contributed by atoms with E-state index in [0.717, 1.165) is 28.4 Å². The minimum absolute atomic E-state index is 0.265. The van der Waals surface area contributed by atoms with Gasteiger partial charge in [0.25, 0.3) is 0 Å². The van der Waals surface area contributed by atoms with Gasteiger partial charge >= 0.3 is 0 Å². The molecule has 0 aliphatic carbocycles. The van der Waals surface area contributed by atoms with E-state index in [0.29, 0.717) is 24.7 Å². The summed E-state index contributed by atoms with van der Waals surface area (Å²) in [5.74, 6) is 0.817. The van der Waals surface area contributed by atoms with Gasteiger partial charge in [-0.1, -0.05) is 57.3 Å². The summed E-state index contributed by atoms with van der Waals surface area (Å²) in [7, 11) is -3.65. The predicted octanol–water partition coefficient (Wildman–Crippen LogP) is 4.72. The van der Waals surface area contributed by atoms with Crippen LogP contribution in [0.2, 0.25) is 0 Å². The van der Waals surface area contributed by atoms with Gasteiger partial charge in [0.15, 0.2) is 0 Å². The van der Waals surface area contributed by atoms with Gasteiger partial charge in [0.2, 0.25) is 21.7 Å². The fourth-order valence-corrected chi connectivity index (χ4v) is 5.29. The number of sulfonamides is 1. The fraction of sp³-hybridized carbons (Fsp3) is 0.300. The molecule has 1 atom stereocenters. The van der Waals surface area contributed by atoms with Crippen LogP contribution < -0.4 is 0 Å². The van der Waals surface area contributed by atoms with Crippen LogP contribution in [0.5, 0.6) is 0 Å². The topological polar surface area (TPSA) is 76.3 Å². The summed E-state index contributed by atoms with van der Waals surface area (Å²) in [6.45, 7) is 2.45. The maximum atomic E-state index is 13.2. The Balaban J connectivity index is 1.66. The zero-order valence-corrected chi connectivity index (χ0v) is 17.8. The van der Waals surface area contributed by atoms with Gasteiger partial charge in [-0.15, -0.1) is 0 Å². The highest BCUT2D eigenvalue weighted by atomic mass is 79.9. The van der Waals surface area contributed by atoms with Crippen molar-refractivity contribution >= 4 is 26.0 Å². The van der Waals surface area contributed by atoms with Crippen molar-refractivity contribution in [2.75, 3.05) is 6.54 Å². The van der Waals surface area contributed by atoms with E-state index in [9.17, 15) is 8.42 Å². The third kappa shape index (κ3) is 3.76. The van der Waals surface area contributed by atoms with E-state index in [-0.39, 0.29) is 4.90 Å². The molecule has 0 spiro atoms. The Morgan fingerprint density at radius 1 is 1.07 bits per heavy atom. The molecule has 1 saturated heterocycles. The van der Waals surface area contributed by atoms with Gasteiger partial charge in [-0.25, -0.2) is 8.42 Å². The molecule has 1 aliphatic heterocycles. The Hall–Kier alpha value is -2.03. The third-order valence-corrected chi connectivity index (χ3v) is 7.36. The highest BCUT2D eigenvalue weighted by molar-refractivity contribution is 9.10. The SMILES string of the molecule is Cc1ccc(-c2noc(C3CCCCN3S(=O)(=O)c3ccc(Br)cc3)n2)cc1. The average Bonchev–Trinajstić information content (AvgIpc) is 3.19.